The van der Waals surface area contributed by atoms with Crippen molar-refractivity contribution in [2.24, 2.45) is 11.8 Å². The van der Waals surface area contributed by atoms with Crippen LogP contribution in [-0.2, 0) is 23.9 Å². The van der Waals surface area contributed by atoms with Crippen LogP contribution in [0.4, 0.5) is 0 Å². The Morgan fingerprint density at radius 2 is 1.50 bits per heavy atom. The summed E-state index contributed by atoms with van der Waals surface area (Å²) in [5.41, 5.74) is -1.81. The second-order valence-corrected chi connectivity index (χ2v) is 11.3. The molecule has 1 aliphatic heterocycles. The van der Waals surface area contributed by atoms with Gasteiger partial charge in [0.05, 0.1) is 37.9 Å². The molecule has 1 aromatic heterocycles. The van der Waals surface area contributed by atoms with Gasteiger partial charge in [0.2, 0.25) is 0 Å². The van der Waals surface area contributed by atoms with Crippen molar-refractivity contribution >= 4 is 23.6 Å². The average Bonchev–Trinajstić information content (AvgIpc) is 3.33. The van der Waals surface area contributed by atoms with Crippen molar-refractivity contribution in [2.75, 3.05) is 14.2 Å². The summed E-state index contributed by atoms with van der Waals surface area (Å²) < 4.78 is 13.7. The lowest BCUT2D eigenvalue weighted by Gasteiger charge is -2.37. The Labute approximate surface area is 251 Å². The molecule has 0 spiro atoms. The van der Waals surface area contributed by atoms with Gasteiger partial charge in [-0.1, -0.05) is 42.5 Å². The molecule has 12 heteroatoms. The third kappa shape index (κ3) is 4.04. The molecule has 5 atom stereocenters. The number of rotatable bonds is 5. The van der Waals surface area contributed by atoms with E-state index < -0.39 is 64.5 Å². The Morgan fingerprint density at radius 3 is 2.11 bits per heavy atom. The SMILES string of the molecule is COC(=O)C1=CC(C(=O)OC)C2C3=C(C(=O)[C@]2(C)NC(=O)c2ccccc2)C(C)n2c(=O)n(-c4ccccc4)c(=O)n2C3C1. The molecule has 3 aliphatic rings. The second-order valence-electron chi connectivity index (χ2n) is 11.3. The molecule has 0 saturated carbocycles. The van der Waals surface area contributed by atoms with Crippen molar-refractivity contribution in [3.8, 4) is 5.69 Å². The summed E-state index contributed by atoms with van der Waals surface area (Å²) in [4.78, 5) is 82.6. The quantitative estimate of drug-likeness (QED) is 0.438. The molecule has 2 aromatic carbocycles. The minimum atomic E-state index is -1.71. The molecular weight excluding hydrogens is 568 g/mol. The first-order chi connectivity index (χ1) is 21.0. The van der Waals surface area contributed by atoms with Gasteiger partial charge in [0, 0.05) is 29.0 Å². The third-order valence-electron chi connectivity index (χ3n) is 8.93. The van der Waals surface area contributed by atoms with Gasteiger partial charge in [-0.15, -0.1) is 0 Å². The maximum absolute atomic E-state index is 14.6. The van der Waals surface area contributed by atoms with Gasteiger partial charge in [-0.05, 0) is 43.7 Å². The van der Waals surface area contributed by atoms with E-state index in [1.54, 1.807) is 67.6 Å². The second kappa shape index (κ2) is 10.5. The summed E-state index contributed by atoms with van der Waals surface area (Å²) in [6.45, 7) is 3.15. The molecule has 226 valence electrons. The van der Waals surface area contributed by atoms with Crippen LogP contribution in [0.3, 0.4) is 0 Å². The van der Waals surface area contributed by atoms with E-state index in [-0.39, 0.29) is 17.6 Å². The summed E-state index contributed by atoms with van der Waals surface area (Å²) in [6.07, 6.45) is 1.24. The number of carbonyl (C=O) groups is 4. The van der Waals surface area contributed by atoms with Crippen LogP contribution < -0.4 is 16.7 Å². The first-order valence-electron chi connectivity index (χ1n) is 14.1. The lowest BCUT2D eigenvalue weighted by molar-refractivity contribution is -0.146. The number of hydrogen-bond acceptors (Lipinski definition) is 8. The summed E-state index contributed by atoms with van der Waals surface area (Å²) in [6, 6.07) is 14.7. The van der Waals surface area contributed by atoms with Crippen LogP contribution in [0.25, 0.3) is 5.69 Å². The van der Waals surface area contributed by atoms with Gasteiger partial charge in [-0.25, -0.2) is 28.3 Å². The molecule has 0 radical (unpaired) electrons. The maximum atomic E-state index is 14.6. The highest BCUT2D eigenvalue weighted by atomic mass is 16.5. The number of amides is 1. The number of aromatic nitrogens is 3. The number of ether oxygens (including phenoxy) is 2. The molecule has 4 unspecified atom stereocenters. The minimum absolute atomic E-state index is 0.0613. The Balaban J connectivity index is 1.62. The zero-order valence-electron chi connectivity index (χ0n) is 24.5. The molecule has 0 bridgehead atoms. The Kier molecular flexibility index (Phi) is 6.87. The maximum Gasteiger partial charge on any atom is 0.352 e. The third-order valence-corrected chi connectivity index (χ3v) is 8.93. The Bertz CT molecular complexity index is 1900. The van der Waals surface area contributed by atoms with Crippen LogP contribution in [0.15, 0.2) is 93.0 Å². The molecule has 44 heavy (non-hydrogen) atoms. The predicted octanol–water partition coefficient (Wildman–Crippen LogP) is 1.89. The molecule has 12 nitrogen and oxygen atoms in total. The number of esters is 2. The number of Topliss-reactive ketones (excluding diaryl/α,β-unsaturated/α-hetero) is 1. The molecular formula is C32H30N4O8. The fourth-order valence-electron chi connectivity index (χ4n) is 7.00. The molecule has 2 aliphatic carbocycles. The number of carbonyl (C=O) groups excluding carboxylic acids is 4. The fraction of sp³-hybridized carbons (Fsp3) is 0.312. The van der Waals surface area contributed by atoms with Gasteiger partial charge in [0.1, 0.15) is 5.54 Å². The highest BCUT2D eigenvalue weighted by Crippen LogP contribution is 2.54. The molecule has 0 fully saturated rings. The highest BCUT2D eigenvalue weighted by Gasteiger charge is 2.62. The van der Waals surface area contributed by atoms with E-state index in [1.165, 1.54) is 36.6 Å². The summed E-state index contributed by atoms with van der Waals surface area (Å²) >= 11 is 0. The smallest absolute Gasteiger partial charge is 0.352 e. The number of benzene rings is 2. The van der Waals surface area contributed by atoms with Crippen molar-refractivity contribution in [2.45, 2.75) is 37.9 Å². The van der Waals surface area contributed by atoms with Crippen molar-refractivity contribution in [1.82, 2.24) is 19.2 Å². The van der Waals surface area contributed by atoms with Crippen molar-refractivity contribution in [1.29, 1.82) is 0 Å². The van der Waals surface area contributed by atoms with Gasteiger partial charge in [-0.3, -0.25) is 14.4 Å². The largest absolute Gasteiger partial charge is 0.469 e. The van der Waals surface area contributed by atoms with Crippen molar-refractivity contribution in [3.05, 3.63) is 110 Å². The average molecular weight is 599 g/mol. The van der Waals surface area contributed by atoms with Crippen LogP contribution in [0.2, 0.25) is 0 Å². The number of fused-ring (bicyclic) bond motifs is 2. The Morgan fingerprint density at radius 1 is 0.886 bits per heavy atom. The van der Waals surface area contributed by atoms with E-state index in [4.69, 9.17) is 9.47 Å². The lowest BCUT2D eigenvalue weighted by Crippen LogP contribution is -2.57. The van der Waals surface area contributed by atoms with E-state index in [2.05, 4.69) is 5.32 Å². The number of nitrogens with zero attached hydrogens (tertiary/aromatic N) is 3. The number of nitrogens with one attached hydrogen (secondary N) is 1. The van der Waals surface area contributed by atoms with Gasteiger partial charge in [0.25, 0.3) is 5.91 Å². The first kappa shape index (κ1) is 28.8. The zero-order chi connectivity index (χ0) is 31.5. The molecule has 2 heterocycles. The summed E-state index contributed by atoms with van der Waals surface area (Å²) in [5, 5.41) is 2.87. The predicted molar refractivity (Wildman–Crippen MR) is 156 cm³/mol. The first-order valence-corrected chi connectivity index (χ1v) is 14.1. The summed E-state index contributed by atoms with van der Waals surface area (Å²) in [7, 11) is 2.38. The van der Waals surface area contributed by atoms with E-state index in [0.717, 1.165) is 4.57 Å². The number of para-hydroxylation sites is 1. The molecule has 1 amide bonds. The number of methoxy groups -OCH3 is 2. The molecule has 1 N–H and O–H groups in total. The zero-order valence-corrected chi connectivity index (χ0v) is 24.5. The van der Waals surface area contributed by atoms with E-state index >= 15 is 0 Å². The minimum Gasteiger partial charge on any atom is -0.469 e. The van der Waals surface area contributed by atoms with Crippen LogP contribution >= 0.6 is 0 Å². The topological polar surface area (TPSA) is 148 Å². The van der Waals surface area contributed by atoms with Crippen LogP contribution in [0.1, 0.15) is 42.7 Å². The van der Waals surface area contributed by atoms with Gasteiger partial charge in [-0.2, -0.15) is 0 Å². The normalized spacial score (nSPS) is 25.4. The van der Waals surface area contributed by atoms with Gasteiger partial charge < -0.3 is 14.8 Å². The molecule has 6 rings (SSSR count). The fourth-order valence-corrected chi connectivity index (χ4v) is 7.00. The van der Waals surface area contributed by atoms with Crippen LogP contribution in [0.5, 0.6) is 0 Å². The molecule has 3 aromatic rings. The number of ketones is 1. The van der Waals surface area contributed by atoms with Crippen molar-refractivity contribution < 1.29 is 28.7 Å². The van der Waals surface area contributed by atoms with Gasteiger partial charge in [0.15, 0.2) is 5.78 Å². The standard InChI is InChI=1S/C32H30N4O8/c1-17-23-24-22(36-31(42)34(30(41)35(17)36)20-13-9-6-10-14-20)16-19(28(39)43-3)15-21(29(40)44-4)25(24)32(2,26(23)37)33-27(38)18-11-7-5-8-12-18/h5-15,17,21-22,25H,16H2,1-4H3,(H,33,38)/t17?,21?,22?,25?,32-/m1/s1. The van der Waals surface area contributed by atoms with E-state index in [0.29, 0.717) is 16.8 Å². The lowest BCUT2D eigenvalue weighted by atomic mass is 9.74. The van der Waals surface area contributed by atoms with E-state index in [9.17, 15) is 28.8 Å². The van der Waals surface area contributed by atoms with Crippen molar-refractivity contribution in [3.63, 3.8) is 0 Å². The monoisotopic (exact) mass is 598 g/mol. The van der Waals surface area contributed by atoms with Gasteiger partial charge >= 0.3 is 23.3 Å². The summed E-state index contributed by atoms with van der Waals surface area (Å²) in [5.74, 6) is -4.82. The number of hydrogen-bond donors (Lipinski definition) is 1. The highest BCUT2D eigenvalue weighted by molar-refractivity contribution is 6.11. The van der Waals surface area contributed by atoms with Crippen LogP contribution in [0, 0.1) is 11.8 Å². The van der Waals surface area contributed by atoms with Crippen LogP contribution in [-0.4, -0.2) is 57.3 Å². The van der Waals surface area contributed by atoms with E-state index in [1.807, 2.05) is 0 Å². The molecule has 0 saturated heterocycles. The Hall–Kier alpha value is -5.26.